The van der Waals surface area contributed by atoms with Crippen molar-refractivity contribution in [1.29, 1.82) is 0 Å². The molecule has 19 nitrogen and oxygen atoms in total. The highest BCUT2D eigenvalue weighted by Crippen LogP contribution is 2.34. The molecule has 20 heteroatoms. The number of aliphatic hydroxyl groups excluding tert-OH is 2. The lowest BCUT2D eigenvalue weighted by atomic mass is 10.1. The topological polar surface area (TPSA) is 263 Å². The number of thiocarbonyl (C=S) groups is 1. The summed E-state index contributed by atoms with van der Waals surface area (Å²) in [6.45, 7) is 0.0950. The molecule has 2 amide bonds. The van der Waals surface area contributed by atoms with Crippen molar-refractivity contribution in [3.05, 3.63) is 25.3 Å². The van der Waals surface area contributed by atoms with Crippen molar-refractivity contribution in [1.82, 2.24) is 60.3 Å². The van der Waals surface area contributed by atoms with E-state index in [-0.39, 0.29) is 29.8 Å². The van der Waals surface area contributed by atoms with E-state index in [2.05, 4.69) is 51.2 Å². The Morgan fingerprint density at radius 3 is 1.83 bits per heavy atom. The Morgan fingerprint density at radius 1 is 0.786 bits per heavy atom. The van der Waals surface area contributed by atoms with Gasteiger partial charge >= 0.3 is 6.03 Å². The van der Waals surface area contributed by atoms with Crippen molar-refractivity contribution >= 4 is 57.3 Å². The summed E-state index contributed by atoms with van der Waals surface area (Å²) in [6, 6.07) is -2.15. The Labute approximate surface area is 241 Å². The third-order valence-electron chi connectivity index (χ3n) is 7.60. The molecule has 10 N–H and O–H groups in total. The number of carbonyl (C=O) groups excluding carboxylic acids is 1. The molecule has 0 aromatic carbocycles. The molecular formula is C22H26N14O5S. The molecule has 0 saturated carbocycles. The van der Waals surface area contributed by atoms with Gasteiger partial charge < -0.3 is 52.4 Å². The highest BCUT2D eigenvalue weighted by atomic mass is 32.1. The fourth-order valence-electron chi connectivity index (χ4n) is 5.55. The summed E-state index contributed by atoms with van der Waals surface area (Å²) in [7, 11) is 0. The number of carbonyl (C=O) groups is 1. The summed E-state index contributed by atoms with van der Waals surface area (Å²) in [5, 5.41) is 34.4. The number of fused-ring (bicyclic) bond motifs is 4. The average Bonchev–Trinajstić information content (AvgIpc) is 3.73. The zero-order valence-corrected chi connectivity index (χ0v) is 22.4. The van der Waals surface area contributed by atoms with Crippen LogP contribution >= 0.6 is 12.2 Å². The number of nitrogen functional groups attached to an aromatic ring is 2. The second-order valence-corrected chi connectivity index (χ2v) is 10.4. The van der Waals surface area contributed by atoms with E-state index in [1.54, 1.807) is 4.57 Å². The number of ether oxygens (including phenoxy) is 2. The number of amides is 2. The van der Waals surface area contributed by atoms with Gasteiger partial charge in [0.05, 0.1) is 24.7 Å². The third kappa shape index (κ3) is 4.27. The third-order valence-corrected chi connectivity index (χ3v) is 7.86. The standard InChI is InChI=1S/C22H26N14O5S/c23-15-11-17(29-3-27-15)35(5-31-11)19-13(37)9-8(41-19)2-26-22(42)34-10-7(1-25-21(39)33-9)40-20(14(10)38)36-6-32-12-16(24)28-4-30-18(12)36/h3-10,13-14,19-20,37-38H,1-2H2,(H2,23,27,29)(H2,24,28,30)(H2,25,33,39)(H2,26,34,42)/t7-,8-,9-,10-,13-,14-,19-,20-/m1/s1. The van der Waals surface area contributed by atoms with Crippen LogP contribution in [0.2, 0.25) is 0 Å². The summed E-state index contributed by atoms with van der Waals surface area (Å²) in [5.74, 6) is 0.375. The van der Waals surface area contributed by atoms with E-state index in [0.29, 0.717) is 22.3 Å². The van der Waals surface area contributed by atoms with E-state index in [9.17, 15) is 15.0 Å². The van der Waals surface area contributed by atoms with Gasteiger partial charge in [0.25, 0.3) is 0 Å². The van der Waals surface area contributed by atoms with Gasteiger partial charge in [-0.2, -0.15) is 0 Å². The van der Waals surface area contributed by atoms with Crippen molar-refractivity contribution in [2.24, 2.45) is 0 Å². The molecule has 7 rings (SSSR count). The molecule has 0 spiro atoms. The average molecular weight is 599 g/mol. The minimum Gasteiger partial charge on any atom is -0.386 e. The van der Waals surface area contributed by atoms with E-state index in [1.807, 2.05) is 0 Å². The maximum atomic E-state index is 13.0. The summed E-state index contributed by atoms with van der Waals surface area (Å²) >= 11 is 5.53. The van der Waals surface area contributed by atoms with Gasteiger partial charge in [-0.3, -0.25) is 9.13 Å². The van der Waals surface area contributed by atoms with Crippen LogP contribution in [0.5, 0.6) is 0 Å². The number of hydrogen-bond acceptors (Lipinski definition) is 14. The van der Waals surface area contributed by atoms with E-state index >= 15 is 0 Å². The molecule has 0 unspecified atom stereocenters. The van der Waals surface area contributed by atoms with Gasteiger partial charge in [0.2, 0.25) is 0 Å². The molecular weight excluding hydrogens is 572 g/mol. The number of anilines is 2. The number of imidazole rings is 2. The molecule has 3 aliphatic rings. The van der Waals surface area contributed by atoms with Crippen molar-refractivity contribution in [3.63, 3.8) is 0 Å². The van der Waals surface area contributed by atoms with Crippen LogP contribution < -0.4 is 32.7 Å². The molecule has 4 aromatic heterocycles. The Balaban J connectivity index is 1.12. The maximum Gasteiger partial charge on any atom is 0.315 e. The van der Waals surface area contributed by atoms with Gasteiger partial charge in [-0.25, -0.2) is 34.7 Å². The summed E-state index contributed by atoms with van der Waals surface area (Å²) in [4.78, 5) is 37.8. The van der Waals surface area contributed by atoms with Gasteiger partial charge in [0.15, 0.2) is 40.5 Å². The zero-order valence-electron chi connectivity index (χ0n) is 21.6. The number of hydrogen-bond donors (Lipinski definition) is 8. The molecule has 3 aliphatic heterocycles. The largest absolute Gasteiger partial charge is 0.386 e. The van der Waals surface area contributed by atoms with Crippen LogP contribution in [0.15, 0.2) is 25.3 Å². The Kier molecular flexibility index (Phi) is 6.35. The smallest absolute Gasteiger partial charge is 0.315 e. The first kappa shape index (κ1) is 26.4. The summed E-state index contributed by atoms with van der Waals surface area (Å²) in [6.07, 6.45) is -0.140. The van der Waals surface area contributed by atoms with Crippen molar-refractivity contribution in [2.75, 3.05) is 24.6 Å². The first-order valence-electron chi connectivity index (χ1n) is 12.9. The van der Waals surface area contributed by atoms with Gasteiger partial charge in [-0.05, 0) is 12.2 Å². The SMILES string of the molecule is Nc1ncnc2c1ncn2[C@@H]1O[C@@H]2CNC(=S)N[C@H]3[C@@H](O)[C@H](n4cnc5c(N)ncnc54)O[C@@H]3CNC(=O)N[C@H]2[C@H]1O. The van der Waals surface area contributed by atoms with E-state index in [1.165, 1.54) is 29.9 Å². The normalized spacial score (nSPS) is 31.8. The number of urea groups is 1. The number of rotatable bonds is 2. The van der Waals surface area contributed by atoms with Gasteiger partial charge in [-0.1, -0.05) is 0 Å². The maximum absolute atomic E-state index is 13.0. The van der Waals surface area contributed by atoms with Crippen LogP contribution in [0, 0.1) is 0 Å². The lowest BCUT2D eigenvalue weighted by molar-refractivity contribution is -0.0335. The van der Waals surface area contributed by atoms with E-state index < -0.39 is 55.0 Å². The first-order chi connectivity index (χ1) is 20.3. The van der Waals surface area contributed by atoms with Crippen LogP contribution in [0.3, 0.4) is 0 Å². The van der Waals surface area contributed by atoms with Crippen molar-refractivity contribution in [2.45, 2.75) is 49.0 Å². The van der Waals surface area contributed by atoms with Crippen LogP contribution in [-0.4, -0.2) is 110 Å². The lowest BCUT2D eigenvalue weighted by Gasteiger charge is -2.27. The molecule has 4 aromatic rings. The predicted molar refractivity (Wildman–Crippen MR) is 147 cm³/mol. The molecule has 0 bridgehead atoms. The number of nitrogens with one attached hydrogen (secondary N) is 4. The second kappa shape index (κ2) is 10.1. The van der Waals surface area contributed by atoms with Gasteiger partial charge in [-0.15, -0.1) is 0 Å². The number of aromatic nitrogens is 8. The highest BCUT2D eigenvalue weighted by Gasteiger charge is 2.48. The Bertz CT molecular complexity index is 1560. The zero-order chi connectivity index (χ0) is 29.1. The number of nitrogens with two attached hydrogens (primary N) is 2. The number of nitrogens with zero attached hydrogens (tertiary/aromatic N) is 8. The molecule has 0 aliphatic carbocycles. The van der Waals surface area contributed by atoms with E-state index in [4.69, 9.17) is 33.2 Å². The van der Waals surface area contributed by atoms with E-state index in [0.717, 1.165) is 0 Å². The monoisotopic (exact) mass is 598 g/mol. The molecule has 7 heterocycles. The quantitative estimate of drug-likeness (QED) is 0.106. The summed E-state index contributed by atoms with van der Waals surface area (Å²) < 4.78 is 15.4. The van der Waals surface area contributed by atoms with Crippen molar-refractivity contribution < 1.29 is 24.5 Å². The molecule has 220 valence electrons. The first-order valence-corrected chi connectivity index (χ1v) is 13.3. The predicted octanol–water partition coefficient (Wildman–Crippen LogP) is -3.14. The molecule has 3 fully saturated rings. The molecule has 8 atom stereocenters. The van der Waals surface area contributed by atoms with Crippen LogP contribution in [0.25, 0.3) is 22.3 Å². The Morgan fingerprint density at radius 2 is 1.29 bits per heavy atom. The van der Waals surface area contributed by atoms with Gasteiger partial charge in [0.1, 0.15) is 48.1 Å². The Hall–Kier alpha value is -4.50. The van der Waals surface area contributed by atoms with Crippen LogP contribution in [0.4, 0.5) is 16.4 Å². The minimum absolute atomic E-state index is 0.0104. The molecule has 3 saturated heterocycles. The lowest BCUT2D eigenvalue weighted by Crippen LogP contribution is -2.59. The minimum atomic E-state index is -1.19. The van der Waals surface area contributed by atoms with Crippen molar-refractivity contribution in [3.8, 4) is 0 Å². The molecule has 42 heavy (non-hydrogen) atoms. The van der Waals surface area contributed by atoms with Gasteiger partial charge in [0, 0.05) is 13.1 Å². The fourth-order valence-corrected chi connectivity index (χ4v) is 5.77. The van der Waals surface area contributed by atoms with Crippen LogP contribution in [0.1, 0.15) is 12.5 Å². The fraction of sp³-hybridized carbons (Fsp3) is 0.455. The highest BCUT2D eigenvalue weighted by molar-refractivity contribution is 7.80. The van der Waals surface area contributed by atoms with Crippen LogP contribution in [-0.2, 0) is 9.47 Å². The number of aliphatic hydroxyl groups is 2. The second-order valence-electron chi connectivity index (χ2n) is 10.0. The summed E-state index contributed by atoms with van der Waals surface area (Å²) in [5.41, 5.74) is 13.3. The molecule has 0 radical (unpaired) electrons.